The molecule has 0 N–H and O–H groups in total. The number of Topliss-reactive ketones (excluding diaryl/α,β-unsaturated/α-hetero) is 1. The van der Waals surface area contributed by atoms with Gasteiger partial charge in [0.05, 0.1) is 18.3 Å². The number of ketones is 1. The van der Waals surface area contributed by atoms with Gasteiger partial charge in [-0.05, 0) is 92.1 Å². The third-order valence-corrected chi connectivity index (χ3v) is 13.0. The summed E-state index contributed by atoms with van der Waals surface area (Å²) >= 11 is 0. The van der Waals surface area contributed by atoms with Crippen LogP contribution in [0.1, 0.15) is 95.8 Å². The largest absolute Gasteiger partial charge is 0.459 e. The molecule has 5 nitrogen and oxygen atoms in total. The summed E-state index contributed by atoms with van der Waals surface area (Å²) in [5.74, 6) is 2.84. The first kappa shape index (κ1) is 26.2. The molecule has 0 unspecified atom stereocenters. The lowest BCUT2D eigenvalue weighted by molar-refractivity contribution is -0.272. The molecule has 12 atom stereocenters. The molecule has 6 fully saturated rings. The Hall–Kier alpha value is -1.72. The maximum atomic E-state index is 14.3. The van der Waals surface area contributed by atoms with Crippen molar-refractivity contribution in [3.05, 3.63) is 35.9 Å². The van der Waals surface area contributed by atoms with Crippen molar-refractivity contribution in [2.24, 2.45) is 52.3 Å². The van der Waals surface area contributed by atoms with Crippen LogP contribution in [-0.2, 0) is 19.0 Å². The molecule has 39 heavy (non-hydrogen) atoms. The molecule has 4 saturated carbocycles. The van der Waals surface area contributed by atoms with Gasteiger partial charge in [0, 0.05) is 30.1 Å². The summed E-state index contributed by atoms with van der Waals surface area (Å²) in [5.41, 5.74) is 0.473. The fourth-order valence-corrected chi connectivity index (χ4v) is 10.8. The molecule has 0 radical (unpaired) electrons. The quantitative estimate of drug-likeness (QED) is 0.389. The van der Waals surface area contributed by atoms with E-state index >= 15 is 0 Å². The minimum absolute atomic E-state index is 0.0219. The van der Waals surface area contributed by atoms with Gasteiger partial charge in [-0.1, -0.05) is 45.9 Å². The molecule has 212 valence electrons. The van der Waals surface area contributed by atoms with E-state index in [0.717, 1.165) is 45.1 Å². The van der Waals surface area contributed by atoms with Gasteiger partial charge in [-0.15, -0.1) is 0 Å². The topological polar surface area (TPSA) is 61.8 Å². The van der Waals surface area contributed by atoms with Gasteiger partial charge in [-0.3, -0.25) is 4.79 Å². The number of hydrogen-bond donors (Lipinski definition) is 0. The van der Waals surface area contributed by atoms with E-state index in [0.29, 0.717) is 47.4 Å². The van der Waals surface area contributed by atoms with Crippen molar-refractivity contribution in [1.29, 1.82) is 0 Å². The number of hydrogen-bond acceptors (Lipinski definition) is 5. The summed E-state index contributed by atoms with van der Waals surface area (Å²) in [6.45, 7) is 10.1. The number of carbonyl (C=O) groups excluding carboxylic acids is 2. The second-order valence-corrected chi connectivity index (χ2v) is 14.7. The number of ether oxygens (including phenoxy) is 3. The maximum Gasteiger partial charge on any atom is 0.338 e. The normalized spacial score (nSPS) is 50.6. The first-order valence-electron chi connectivity index (χ1n) is 15.8. The van der Waals surface area contributed by atoms with Gasteiger partial charge in [0.2, 0.25) is 0 Å². The maximum absolute atomic E-state index is 14.3. The summed E-state index contributed by atoms with van der Waals surface area (Å²) in [6.07, 6.45) is 9.17. The van der Waals surface area contributed by atoms with Gasteiger partial charge in [0.25, 0.3) is 0 Å². The number of benzene rings is 1. The summed E-state index contributed by atoms with van der Waals surface area (Å²) in [7, 11) is 0. The lowest BCUT2D eigenvalue weighted by Crippen LogP contribution is -2.58. The van der Waals surface area contributed by atoms with Gasteiger partial charge in [0.1, 0.15) is 11.9 Å². The highest BCUT2D eigenvalue weighted by molar-refractivity contribution is 5.89. The highest BCUT2D eigenvalue weighted by Gasteiger charge is 2.71. The van der Waals surface area contributed by atoms with Crippen molar-refractivity contribution in [2.45, 2.75) is 103 Å². The summed E-state index contributed by atoms with van der Waals surface area (Å²) in [5, 5.41) is 0. The van der Waals surface area contributed by atoms with E-state index in [4.69, 9.17) is 14.2 Å². The summed E-state index contributed by atoms with van der Waals surface area (Å²) in [6, 6.07) is 9.35. The Morgan fingerprint density at radius 3 is 2.51 bits per heavy atom. The van der Waals surface area contributed by atoms with E-state index in [1.807, 2.05) is 30.3 Å². The van der Waals surface area contributed by atoms with Gasteiger partial charge in [-0.25, -0.2) is 4.79 Å². The van der Waals surface area contributed by atoms with Crippen molar-refractivity contribution in [3.8, 4) is 0 Å². The second kappa shape index (κ2) is 9.14. The molecule has 6 aliphatic rings. The van der Waals surface area contributed by atoms with Crippen LogP contribution >= 0.6 is 0 Å². The minimum atomic E-state index is -0.480. The molecule has 4 aliphatic carbocycles. The van der Waals surface area contributed by atoms with E-state index in [-0.39, 0.29) is 40.8 Å². The molecule has 7 rings (SSSR count). The first-order chi connectivity index (χ1) is 18.7. The standard InChI is InChI=1S/C34H46O5/c1-20-12-15-34(37-19-20)21(2)30-28(39-34)17-27-25-11-10-23-16-24(38-31(36)22-8-6-5-7-9-22)13-14-32(23,3)26(25)18-29(35)33(27,30)4/h5-9,20-21,23-28,30H,10-19H2,1-4H3/t20-,21+,23-,24-,25-,26-,27+,28+,30-,32+,33-,34+/m1/s1. The Morgan fingerprint density at radius 2 is 1.77 bits per heavy atom. The third-order valence-electron chi connectivity index (χ3n) is 13.0. The molecule has 0 amide bonds. The molecule has 1 spiro atoms. The summed E-state index contributed by atoms with van der Waals surface area (Å²) in [4.78, 5) is 27.0. The van der Waals surface area contributed by atoms with Crippen LogP contribution < -0.4 is 0 Å². The lowest BCUT2D eigenvalue weighted by Gasteiger charge is -2.60. The lowest BCUT2D eigenvalue weighted by atomic mass is 9.44. The van der Waals surface area contributed by atoms with Crippen LogP contribution in [0.15, 0.2) is 30.3 Å². The van der Waals surface area contributed by atoms with Crippen LogP contribution in [0.4, 0.5) is 0 Å². The predicted molar refractivity (Wildman–Crippen MR) is 148 cm³/mol. The smallest absolute Gasteiger partial charge is 0.338 e. The number of esters is 1. The molecule has 0 bridgehead atoms. The molecule has 1 aromatic rings. The van der Waals surface area contributed by atoms with E-state index < -0.39 is 5.79 Å². The van der Waals surface area contributed by atoms with Gasteiger partial charge in [0.15, 0.2) is 5.79 Å². The van der Waals surface area contributed by atoms with Crippen LogP contribution in [0.2, 0.25) is 0 Å². The Morgan fingerprint density at radius 1 is 0.974 bits per heavy atom. The van der Waals surface area contributed by atoms with Crippen molar-refractivity contribution < 1.29 is 23.8 Å². The molecule has 2 saturated heterocycles. The average molecular weight is 535 g/mol. The fraction of sp³-hybridized carbons (Fsp3) is 0.765. The van der Waals surface area contributed by atoms with Crippen molar-refractivity contribution in [1.82, 2.24) is 0 Å². The van der Waals surface area contributed by atoms with E-state index in [1.165, 1.54) is 12.8 Å². The number of carbonyl (C=O) groups is 2. The molecule has 1 aromatic carbocycles. The van der Waals surface area contributed by atoms with E-state index in [1.54, 1.807) is 0 Å². The molecular weight excluding hydrogens is 488 g/mol. The Labute approximate surface area is 233 Å². The summed E-state index contributed by atoms with van der Waals surface area (Å²) < 4.78 is 19.3. The van der Waals surface area contributed by atoms with E-state index in [9.17, 15) is 9.59 Å². The number of rotatable bonds is 2. The average Bonchev–Trinajstić information content (AvgIpc) is 3.38. The highest BCUT2D eigenvalue weighted by atomic mass is 16.7. The van der Waals surface area contributed by atoms with Gasteiger partial charge in [-0.2, -0.15) is 0 Å². The van der Waals surface area contributed by atoms with Crippen LogP contribution in [0.3, 0.4) is 0 Å². The van der Waals surface area contributed by atoms with Gasteiger partial charge < -0.3 is 14.2 Å². The molecular formula is C34H46O5. The molecule has 0 aromatic heterocycles. The minimum Gasteiger partial charge on any atom is -0.459 e. The monoisotopic (exact) mass is 534 g/mol. The molecule has 5 heteroatoms. The third kappa shape index (κ3) is 3.77. The zero-order valence-corrected chi connectivity index (χ0v) is 24.2. The Kier molecular flexibility index (Phi) is 6.14. The SMILES string of the molecule is C[C@@H]1CC[C@]2(OC1)O[C@H]1C[C@H]3[C@@H]4CC[C@@H]5C[C@H](OC(=O)c6ccccc6)CC[C@]5(C)[C@@H]4CC(=O)[C@]3(C)[C@@H]1[C@@H]2C. The Bertz CT molecular complexity index is 1120. The Balaban J connectivity index is 1.08. The van der Waals surface area contributed by atoms with Crippen LogP contribution in [0.5, 0.6) is 0 Å². The van der Waals surface area contributed by atoms with Crippen molar-refractivity contribution >= 4 is 11.8 Å². The second-order valence-electron chi connectivity index (χ2n) is 14.7. The van der Waals surface area contributed by atoms with Crippen molar-refractivity contribution in [3.63, 3.8) is 0 Å². The zero-order chi connectivity index (χ0) is 27.2. The van der Waals surface area contributed by atoms with Crippen molar-refractivity contribution in [2.75, 3.05) is 6.61 Å². The van der Waals surface area contributed by atoms with Crippen LogP contribution in [0, 0.1) is 52.3 Å². The van der Waals surface area contributed by atoms with Crippen LogP contribution in [0.25, 0.3) is 0 Å². The fourth-order valence-electron chi connectivity index (χ4n) is 10.8. The molecule has 2 heterocycles. The van der Waals surface area contributed by atoms with Crippen LogP contribution in [-0.4, -0.2) is 36.4 Å². The van der Waals surface area contributed by atoms with E-state index in [2.05, 4.69) is 27.7 Å². The highest BCUT2D eigenvalue weighted by Crippen LogP contribution is 2.70. The molecule has 2 aliphatic heterocycles. The van der Waals surface area contributed by atoms with Gasteiger partial charge >= 0.3 is 5.97 Å². The first-order valence-corrected chi connectivity index (χ1v) is 15.8. The zero-order valence-electron chi connectivity index (χ0n) is 24.2. The predicted octanol–water partition coefficient (Wildman–Crippen LogP) is 6.84. The number of fused-ring (bicyclic) bond motifs is 7.